The fourth-order valence-corrected chi connectivity index (χ4v) is 1.64. The molecule has 1 aromatic carbocycles. The number of ether oxygens (including phenoxy) is 2. The number of methoxy groups -OCH3 is 1. The molecule has 0 saturated carbocycles. The molecule has 0 aliphatic rings. The molecular weight excluding hydrogens is 204 g/mol. The first kappa shape index (κ1) is 12.8. The van der Waals surface area contributed by atoms with Crippen LogP contribution in [0.5, 0.6) is 11.5 Å². The Labute approximate surface area is 97.0 Å². The third-order valence-corrected chi connectivity index (χ3v) is 2.38. The molecule has 1 atom stereocenters. The van der Waals surface area contributed by atoms with Crippen molar-refractivity contribution in [2.24, 2.45) is 0 Å². The first-order chi connectivity index (χ1) is 7.60. The lowest BCUT2D eigenvalue weighted by atomic mass is 9.99. The van der Waals surface area contributed by atoms with Crippen LogP contribution in [-0.4, -0.2) is 24.9 Å². The van der Waals surface area contributed by atoms with E-state index < -0.39 is 0 Å². The monoisotopic (exact) mass is 224 g/mol. The summed E-state index contributed by atoms with van der Waals surface area (Å²) in [6, 6.07) is 5.68. The fraction of sp³-hybridized carbons (Fsp3) is 0.538. The first-order valence-electron chi connectivity index (χ1n) is 5.54. The van der Waals surface area contributed by atoms with Gasteiger partial charge in [-0.1, -0.05) is 13.0 Å². The van der Waals surface area contributed by atoms with Crippen molar-refractivity contribution >= 4 is 0 Å². The van der Waals surface area contributed by atoms with Crippen LogP contribution in [0, 0.1) is 0 Å². The van der Waals surface area contributed by atoms with Crippen molar-refractivity contribution in [3.8, 4) is 11.5 Å². The third kappa shape index (κ3) is 2.89. The SMILES string of the molecule is COc1cccc(OC(C)C)c1C(C)CO. The average molecular weight is 224 g/mol. The lowest BCUT2D eigenvalue weighted by molar-refractivity contribution is 0.228. The Balaban J connectivity index is 3.14. The molecule has 1 N–H and O–H groups in total. The van der Waals surface area contributed by atoms with Gasteiger partial charge in [-0.15, -0.1) is 0 Å². The van der Waals surface area contributed by atoms with E-state index in [9.17, 15) is 5.11 Å². The van der Waals surface area contributed by atoms with E-state index in [0.29, 0.717) is 0 Å². The van der Waals surface area contributed by atoms with Gasteiger partial charge < -0.3 is 14.6 Å². The lowest BCUT2D eigenvalue weighted by Crippen LogP contribution is -2.11. The van der Waals surface area contributed by atoms with Gasteiger partial charge in [0.15, 0.2) is 0 Å². The van der Waals surface area contributed by atoms with Crippen LogP contribution in [0.1, 0.15) is 32.3 Å². The summed E-state index contributed by atoms with van der Waals surface area (Å²) < 4.78 is 11.0. The standard InChI is InChI=1S/C13H20O3/c1-9(2)16-12-7-5-6-11(15-4)13(12)10(3)8-14/h5-7,9-10,14H,8H2,1-4H3. The second-order valence-corrected chi connectivity index (χ2v) is 4.12. The molecule has 90 valence electrons. The van der Waals surface area contributed by atoms with Gasteiger partial charge in [-0.25, -0.2) is 0 Å². The van der Waals surface area contributed by atoms with E-state index in [2.05, 4.69) is 0 Å². The summed E-state index contributed by atoms with van der Waals surface area (Å²) in [5, 5.41) is 9.26. The van der Waals surface area contributed by atoms with Crippen LogP contribution < -0.4 is 9.47 Å². The molecule has 0 heterocycles. The molecule has 0 aliphatic heterocycles. The highest BCUT2D eigenvalue weighted by atomic mass is 16.5. The second kappa shape index (κ2) is 5.75. The maximum Gasteiger partial charge on any atom is 0.126 e. The Bertz CT molecular complexity index is 334. The molecule has 3 heteroatoms. The van der Waals surface area contributed by atoms with Crippen LogP contribution in [0.4, 0.5) is 0 Å². The topological polar surface area (TPSA) is 38.7 Å². The Morgan fingerprint density at radius 3 is 2.31 bits per heavy atom. The Hall–Kier alpha value is -1.22. The van der Waals surface area contributed by atoms with E-state index >= 15 is 0 Å². The van der Waals surface area contributed by atoms with Gasteiger partial charge >= 0.3 is 0 Å². The largest absolute Gasteiger partial charge is 0.496 e. The number of benzene rings is 1. The number of hydrogen-bond acceptors (Lipinski definition) is 3. The molecule has 3 nitrogen and oxygen atoms in total. The zero-order valence-corrected chi connectivity index (χ0v) is 10.4. The van der Waals surface area contributed by atoms with Gasteiger partial charge in [-0.2, -0.15) is 0 Å². The molecule has 0 bridgehead atoms. The molecule has 16 heavy (non-hydrogen) atoms. The van der Waals surface area contributed by atoms with Crippen molar-refractivity contribution in [1.82, 2.24) is 0 Å². The van der Waals surface area contributed by atoms with Gasteiger partial charge in [0.1, 0.15) is 11.5 Å². The summed E-state index contributed by atoms with van der Waals surface area (Å²) in [7, 11) is 1.63. The van der Waals surface area contributed by atoms with E-state index in [-0.39, 0.29) is 18.6 Å². The maximum absolute atomic E-state index is 9.26. The Morgan fingerprint density at radius 1 is 1.19 bits per heavy atom. The normalized spacial score (nSPS) is 12.6. The van der Waals surface area contributed by atoms with Gasteiger partial charge in [-0.3, -0.25) is 0 Å². The number of aliphatic hydroxyl groups excluding tert-OH is 1. The summed E-state index contributed by atoms with van der Waals surface area (Å²) in [6.07, 6.45) is 0.108. The molecule has 0 aromatic heterocycles. The molecule has 0 radical (unpaired) electrons. The Kier molecular flexibility index (Phi) is 4.62. The highest BCUT2D eigenvalue weighted by Gasteiger charge is 2.17. The highest BCUT2D eigenvalue weighted by Crippen LogP contribution is 2.35. The fourth-order valence-electron chi connectivity index (χ4n) is 1.64. The van der Waals surface area contributed by atoms with E-state index in [1.54, 1.807) is 7.11 Å². The predicted octanol–water partition coefficient (Wildman–Crippen LogP) is 2.58. The zero-order valence-electron chi connectivity index (χ0n) is 10.4. The van der Waals surface area contributed by atoms with Crippen LogP contribution in [0.2, 0.25) is 0 Å². The van der Waals surface area contributed by atoms with Crippen LogP contribution in [-0.2, 0) is 0 Å². The molecule has 0 amide bonds. The number of rotatable bonds is 5. The first-order valence-corrected chi connectivity index (χ1v) is 5.54. The molecule has 1 unspecified atom stereocenters. The maximum atomic E-state index is 9.26. The van der Waals surface area contributed by atoms with E-state index in [0.717, 1.165) is 17.1 Å². The molecule has 0 spiro atoms. The van der Waals surface area contributed by atoms with Crippen molar-refractivity contribution in [3.63, 3.8) is 0 Å². The minimum atomic E-state index is 0.00454. The molecule has 0 saturated heterocycles. The summed E-state index contributed by atoms with van der Waals surface area (Å²) in [4.78, 5) is 0. The third-order valence-electron chi connectivity index (χ3n) is 2.38. The van der Waals surface area contributed by atoms with Crippen LogP contribution >= 0.6 is 0 Å². The molecule has 1 rings (SSSR count). The van der Waals surface area contributed by atoms with Crippen molar-refractivity contribution in [1.29, 1.82) is 0 Å². The smallest absolute Gasteiger partial charge is 0.126 e. The quantitative estimate of drug-likeness (QED) is 0.835. The molecule has 0 aliphatic carbocycles. The van der Waals surface area contributed by atoms with Crippen LogP contribution in [0.25, 0.3) is 0 Å². The highest BCUT2D eigenvalue weighted by molar-refractivity contribution is 5.47. The second-order valence-electron chi connectivity index (χ2n) is 4.12. The van der Waals surface area contributed by atoms with E-state index in [1.807, 2.05) is 39.0 Å². The summed E-state index contributed by atoms with van der Waals surface area (Å²) in [6.45, 7) is 5.99. The van der Waals surface area contributed by atoms with Gasteiger partial charge in [0.05, 0.1) is 13.2 Å². The van der Waals surface area contributed by atoms with E-state index in [1.165, 1.54) is 0 Å². The molecule has 0 fully saturated rings. The zero-order chi connectivity index (χ0) is 12.1. The van der Waals surface area contributed by atoms with Crippen molar-refractivity contribution in [2.75, 3.05) is 13.7 Å². The minimum Gasteiger partial charge on any atom is -0.496 e. The Morgan fingerprint density at radius 2 is 1.81 bits per heavy atom. The van der Waals surface area contributed by atoms with Crippen LogP contribution in [0.3, 0.4) is 0 Å². The molecular formula is C13H20O3. The number of hydrogen-bond donors (Lipinski definition) is 1. The van der Waals surface area contributed by atoms with E-state index in [4.69, 9.17) is 9.47 Å². The summed E-state index contributed by atoms with van der Waals surface area (Å²) in [5.74, 6) is 1.56. The minimum absolute atomic E-state index is 0.00454. The van der Waals surface area contributed by atoms with Crippen molar-refractivity contribution in [3.05, 3.63) is 23.8 Å². The average Bonchev–Trinajstić information content (AvgIpc) is 2.27. The number of aliphatic hydroxyl groups is 1. The predicted molar refractivity (Wildman–Crippen MR) is 64.3 cm³/mol. The van der Waals surface area contributed by atoms with Crippen molar-refractivity contribution < 1.29 is 14.6 Å². The van der Waals surface area contributed by atoms with Gasteiger partial charge in [0.2, 0.25) is 0 Å². The lowest BCUT2D eigenvalue weighted by Gasteiger charge is -2.20. The van der Waals surface area contributed by atoms with Gasteiger partial charge in [0, 0.05) is 18.1 Å². The summed E-state index contributed by atoms with van der Waals surface area (Å²) >= 11 is 0. The van der Waals surface area contributed by atoms with Gasteiger partial charge in [0.25, 0.3) is 0 Å². The van der Waals surface area contributed by atoms with Gasteiger partial charge in [-0.05, 0) is 26.0 Å². The van der Waals surface area contributed by atoms with Crippen molar-refractivity contribution in [2.45, 2.75) is 32.8 Å². The molecule has 1 aromatic rings. The summed E-state index contributed by atoms with van der Waals surface area (Å²) in [5.41, 5.74) is 0.932. The van der Waals surface area contributed by atoms with Crippen LogP contribution in [0.15, 0.2) is 18.2 Å².